The SMILES string of the molecule is NC1(C(=O)NCC2(N3CCSCC3)CCCC2)CCCC1. The molecule has 0 spiro atoms. The summed E-state index contributed by atoms with van der Waals surface area (Å²) in [5.41, 5.74) is 5.91. The van der Waals surface area contributed by atoms with Crippen molar-refractivity contribution in [3.8, 4) is 0 Å². The summed E-state index contributed by atoms with van der Waals surface area (Å²) in [6, 6.07) is 0. The van der Waals surface area contributed by atoms with Gasteiger partial charge in [-0.25, -0.2) is 0 Å². The van der Waals surface area contributed by atoms with Crippen molar-refractivity contribution in [3.05, 3.63) is 0 Å². The van der Waals surface area contributed by atoms with Crippen LogP contribution >= 0.6 is 11.8 Å². The van der Waals surface area contributed by atoms with Crippen molar-refractivity contribution in [2.45, 2.75) is 62.4 Å². The summed E-state index contributed by atoms with van der Waals surface area (Å²) < 4.78 is 0. The van der Waals surface area contributed by atoms with Crippen LogP contribution in [0.4, 0.5) is 0 Å². The molecule has 3 N–H and O–H groups in total. The number of nitrogens with zero attached hydrogens (tertiary/aromatic N) is 1. The molecular formula is C16H29N3OS. The van der Waals surface area contributed by atoms with Gasteiger partial charge in [-0.05, 0) is 25.7 Å². The van der Waals surface area contributed by atoms with E-state index >= 15 is 0 Å². The van der Waals surface area contributed by atoms with Crippen LogP contribution in [0.15, 0.2) is 0 Å². The van der Waals surface area contributed by atoms with Gasteiger partial charge in [0.2, 0.25) is 5.91 Å². The van der Waals surface area contributed by atoms with E-state index in [1.165, 1.54) is 50.3 Å². The summed E-state index contributed by atoms with van der Waals surface area (Å²) in [5.74, 6) is 2.56. The first-order valence-electron chi connectivity index (χ1n) is 8.55. The van der Waals surface area contributed by atoms with Crippen molar-refractivity contribution in [2.75, 3.05) is 31.1 Å². The lowest BCUT2D eigenvalue weighted by atomic mass is 9.93. The van der Waals surface area contributed by atoms with Gasteiger partial charge in [0.05, 0.1) is 5.54 Å². The zero-order valence-corrected chi connectivity index (χ0v) is 13.8. The van der Waals surface area contributed by atoms with E-state index in [0.717, 1.165) is 32.2 Å². The molecule has 2 saturated carbocycles. The maximum atomic E-state index is 12.5. The Morgan fingerprint density at radius 3 is 2.24 bits per heavy atom. The minimum atomic E-state index is -0.586. The lowest BCUT2D eigenvalue weighted by Crippen LogP contribution is -2.60. The fourth-order valence-corrected chi connectivity index (χ4v) is 5.23. The number of hydrogen-bond donors (Lipinski definition) is 2. The van der Waals surface area contributed by atoms with Gasteiger partial charge >= 0.3 is 0 Å². The molecule has 0 bridgehead atoms. The monoisotopic (exact) mass is 311 g/mol. The van der Waals surface area contributed by atoms with Crippen LogP contribution in [0.5, 0.6) is 0 Å². The number of carbonyl (C=O) groups is 1. The van der Waals surface area contributed by atoms with Gasteiger partial charge in [0.25, 0.3) is 0 Å². The van der Waals surface area contributed by atoms with E-state index in [-0.39, 0.29) is 11.4 Å². The number of rotatable bonds is 4. The third kappa shape index (κ3) is 3.25. The Hall–Kier alpha value is -0.260. The van der Waals surface area contributed by atoms with E-state index in [1.54, 1.807) is 0 Å². The minimum absolute atomic E-state index is 0.0951. The van der Waals surface area contributed by atoms with Crippen LogP contribution in [0.25, 0.3) is 0 Å². The summed E-state index contributed by atoms with van der Waals surface area (Å²) in [6.45, 7) is 3.15. The van der Waals surface area contributed by atoms with Gasteiger partial charge in [0.15, 0.2) is 0 Å². The molecule has 4 nitrogen and oxygen atoms in total. The highest BCUT2D eigenvalue weighted by Gasteiger charge is 2.42. The number of nitrogens with one attached hydrogen (secondary N) is 1. The smallest absolute Gasteiger partial charge is 0.240 e. The van der Waals surface area contributed by atoms with E-state index in [0.29, 0.717) is 0 Å². The number of carbonyl (C=O) groups excluding carboxylic acids is 1. The summed E-state index contributed by atoms with van der Waals surface area (Å²) in [7, 11) is 0. The Morgan fingerprint density at radius 2 is 1.62 bits per heavy atom. The fraction of sp³-hybridized carbons (Fsp3) is 0.938. The first-order valence-corrected chi connectivity index (χ1v) is 9.70. The van der Waals surface area contributed by atoms with Gasteiger partial charge in [-0.2, -0.15) is 11.8 Å². The van der Waals surface area contributed by atoms with Gasteiger partial charge in [0, 0.05) is 36.7 Å². The molecule has 0 unspecified atom stereocenters. The number of nitrogens with two attached hydrogens (primary N) is 1. The first-order chi connectivity index (χ1) is 10.1. The van der Waals surface area contributed by atoms with Crippen LogP contribution in [0, 0.1) is 0 Å². The highest BCUT2D eigenvalue weighted by Crippen LogP contribution is 2.36. The molecule has 120 valence electrons. The average molecular weight is 311 g/mol. The molecular weight excluding hydrogens is 282 g/mol. The molecule has 21 heavy (non-hydrogen) atoms. The minimum Gasteiger partial charge on any atom is -0.353 e. The van der Waals surface area contributed by atoms with E-state index in [4.69, 9.17) is 5.73 Å². The Labute approximate surface area is 132 Å². The van der Waals surface area contributed by atoms with Gasteiger partial charge < -0.3 is 11.1 Å². The van der Waals surface area contributed by atoms with Gasteiger partial charge in [-0.15, -0.1) is 0 Å². The van der Waals surface area contributed by atoms with Crippen LogP contribution in [0.1, 0.15) is 51.4 Å². The quantitative estimate of drug-likeness (QED) is 0.830. The normalized spacial score (nSPS) is 28.6. The molecule has 3 fully saturated rings. The van der Waals surface area contributed by atoms with Crippen LogP contribution in [-0.4, -0.2) is 53.0 Å². The third-order valence-corrected chi connectivity index (χ3v) is 6.68. The Balaban J connectivity index is 1.61. The molecule has 1 saturated heterocycles. The summed E-state index contributed by atoms with van der Waals surface area (Å²) in [6.07, 6.45) is 8.96. The van der Waals surface area contributed by atoms with E-state index in [1.807, 2.05) is 0 Å². The first kappa shape index (κ1) is 15.6. The zero-order chi connectivity index (χ0) is 14.8. The lowest BCUT2D eigenvalue weighted by molar-refractivity contribution is -0.126. The molecule has 1 amide bonds. The highest BCUT2D eigenvalue weighted by atomic mass is 32.2. The van der Waals surface area contributed by atoms with Crippen LogP contribution in [-0.2, 0) is 4.79 Å². The Morgan fingerprint density at radius 1 is 1.05 bits per heavy atom. The third-order valence-electron chi connectivity index (χ3n) is 5.74. The van der Waals surface area contributed by atoms with Crippen LogP contribution in [0.3, 0.4) is 0 Å². The van der Waals surface area contributed by atoms with Crippen molar-refractivity contribution < 1.29 is 4.79 Å². The second-order valence-electron chi connectivity index (χ2n) is 7.08. The molecule has 0 aromatic carbocycles. The molecule has 1 aliphatic heterocycles. The second-order valence-corrected chi connectivity index (χ2v) is 8.30. The molecule has 3 rings (SSSR count). The second kappa shape index (κ2) is 6.47. The lowest BCUT2D eigenvalue weighted by Gasteiger charge is -2.44. The predicted molar refractivity (Wildman–Crippen MR) is 88.5 cm³/mol. The van der Waals surface area contributed by atoms with E-state index in [2.05, 4.69) is 22.0 Å². The molecule has 0 radical (unpaired) electrons. The van der Waals surface area contributed by atoms with Crippen molar-refractivity contribution in [1.82, 2.24) is 10.2 Å². The molecule has 3 aliphatic rings. The van der Waals surface area contributed by atoms with Crippen molar-refractivity contribution in [2.24, 2.45) is 5.73 Å². The molecule has 5 heteroatoms. The van der Waals surface area contributed by atoms with Crippen LogP contribution < -0.4 is 11.1 Å². The van der Waals surface area contributed by atoms with Gasteiger partial charge in [-0.1, -0.05) is 25.7 Å². The summed E-state index contributed by atoms with van der Waals surface area (Å²) >= 11 is 2.05. The molecule has 1 heterocycles. The van der Waals surface area contributed by atoms with E-state index in [9.17, 15) is 4.79 Å². The maximum absolute atomic E-state index is 12.5. The standard InChI is InChI=1S/C16H29N3OS/c17-16(7-3-4-8-16)14(20)18-13-15(5-1-2-6-15)19-9-11-21-12-10-19/h1-13,17H2,(H,18,20). The van der Waals surface area contributed by atoms with Crippen molar-refractivity contribution >= 4 is 17.7 Å². The molecule has 0 atom stereocenters. The topological polar surface area (TPSA) is 58.4 Å². The molecule has 0 aromatic rings. The average Bonchev–Trinajstić information content (AvgIpc) is 3.16. The van der Waals surface area contributed by atoms with Gasteiger partial charge in [0.1, 0.15) is 0 Å². The summed E-state index contributed by atoms with van der Waals surface area (Å²) in [4.78, 5) is 15.1. The number of thioether (sulfide) groups is 1. The number of hydrogen-bond acceptors (Lipinski definition) is 4. The van der Waals surface area contributed by atoms with E-state index < -0.39 is 5.54 Å². The summed E-state index contributed by atoms with van der Waals surface area (Å²) in [5, 5.41) is 3.23. The molecule has 2 aliphatic carbocycles. The van der Waals surface area contributed by atoms with Crippen molar-refractivity contribution in [3.63, 3.8) is 0 Å². The Kier molecular flexibility index (Phi) is 4.81. The maximum Gasteiger partial charge on any atom is 0.240 e. The van der Waals surface area contributed by atoms with Crippen LogP contribution in [0.2, 0.25) is 0 Å². The Bertz CT molecular complexity index is 370. The largest absolute Gasteiger partial charge is 0.353 e. The predicted octanol–water partition coefficient (Wildman–Crippen LogP) is 1.74. The number of amides is 1. The van der Waals surface area contributed by atoms with Crippen molar-refractivity contribution in [1.29, 1.82) is 0 Å². The molecule has 0 aromatic heterocycles. The fourth-order valence-electron chi connectivity index (χ4n) is 4.33. The zero-order valence-electron chi connectivity index (χ0n) is 13.0. The highest BCUT2D eigenvalue weighted by molar-refractivity contribution is 7.99. The van der Waals surface area contributed by atoms with Gasteiger partial charge in [-0.3, -0.25) is 9.69 Å².